The molecule has 2 N–H and O–H groups in total. The molecule has 0 amide bonds. The van der Waals surface area contributed by atoms with Crippen LogP contribution in [-0.2, 0) is 0 Å². The lowest BCUT2D eigenvalue weighted by Crippen LogP contribution is -2.25. The van der Waals surface area contributed by atoms with Gasteiger partial charge >= 0.3 is 11.3 Å². The van der Waals surface area contributed by atoms with Crippen LogP contribution in [0, 0.1) is 5.41 Å². The summed E-state index contributed by atoms with van der Waals surface area (Å²) in [6, 6.07) is 12.4. The Kier molecular flexibility index (Phi) is 6.99. The van der Waals surface area contributed by atoms with E-state index in [1.807, 2.05) is 30.3 Å². The maximum absolute atomic E-state index is 14.3. The molecule has 0 saturated heterocycles. The highest BCUT2D eigenvalue weighted by atomic mass is 16.4. The van der Waals surface area contributed by atoms with Crippen molar-refractivity contribution < 1.29 is 9.52 Å². The van der Waals surface area contributed by atoms with Gasteiger partial charge in [0.15, 0.2) is 0 Å². The molecule has 5 aromatic rings. The second-order valence-corrected chi connectivity index (χ2v) is 12.4. The van der Waals surface area contributed by atoms with Gasteiger partial charge in [0.05, 0.1) is 16.3 Å². The van der Waals surface area contributed by atoms with Crippen LogP contribution in [-0.4, -0.2) is 9.67 Å². The van der Waals surface area contributed by atoms with Crippen molar-refractivity contribution in [2.45, 2.75) is 84.1 Å². The molecule has 2 aliphatic rings. The summed E-state index contributed by atoms with van der Waals surface area (Å²) in [6.45, 7) is 4.38. The highest BCUT2D eigenvalue weighted by molar-refractivity contribution is 6.37. The summed E-state index contributed by atoms with van der Waals surface area (Å²) < 4.78 is 6.61. The molecule has 2 heterocycles. The average Bonchev–Trinajstić information content (AvgIpc) is 3.02. The van der Waals surface area contributed by atoms with Crippen LogP contribution in [0.3, 0.4) is 0 Å². The Bertz CT molecular complexity index is 2360. The molecule has 7 nitrogen and oxygen atoms in total. The molecule has 0 bridgehead atoms. The van der Waals surface area contributed by atoms with E-state index in [0.717, 1.165) is 85.8 Å². The molecule has 0 spiro atoms. The number of nitrogens with one attached hydrogen (secondary N) is 1. The van der Waals surface area contributed by atoms with Gasteiger partial charge in [0.25, 0.3) is 5.56 Å². The van der Waals surface area contributed by atoms with Crippen molar-refractivity contribution in [1.82, 2.24) is 4.57 Å². The molecule has 7 rings (SSSR count). The molecule has 0 fully saturated rings. The standard InChI is InChI=1S/C37H36N2O5/c1-3-5-7-9-11-20(12-10-8-6-4-2)39-34(40)24-16-13-21-22-14-18-26-31-27(37(43)44-36(26)42)19-28(38)32(33(22)31)23-15-17-25(35(39)41)30(24)29(21)23/h13-20,38,40H,3-12H2,1-2H3. The quantitative estimate of drug-likeness (QED) is 0.0903. The number of aromatic hydroxyl groups is 1. The van der Waals surface area contributed by atoms with E-state index in [1.54, 1.807) is 10.6 Å². The molecule has 0 atom stereocenters. The Morgan fingerprint density at radius 1 is 0.682 bits per heavy atom. The van der Waals surface area contributed by atoms with Crippen LogP contribution in [0.2, 0.25) is 0 Å². The Balaban J connectivity index is 1.53. The van der Waals surface area contributed by atoms with Gasteiger partial charge in [0.2, 0.25) is 5.88 Å². The SMILES string of the molecule is CCCCCCC(CCCCCC)n1c(O)c2ccc3c4ccc5c6c4c(c(=N)cc-6c(=O)oc5=O)c4ccc(c1=O)c2c34. The smallest absolute Gasteiger partial charge is 0.346 e. The zero-order valence-corrected chi connectivity index (χ0v) is 25.2. The van der Waals surface area contributed by atoms with Gasteiger partial charge in [0, 0.05) is 38.5 Å². The van der Waals surface area contributed by atoms with Gasteiger partial charge in [-0.15, -0.1) is 0 Å². The maximum atomic E-state index is 14.3. The van der Waals surface area contributed by atoms with Crippen LogP contribution in [0.1, 0.15) is 84.1 Å². The van der Waals surface area contributed by atoms with Gasteiger partial charge in [-0.3, -0.25) is 9.36 Å². The number of rotatable bonds is 11. The molecule has 224 valence electrons. The topological polar surface area (TPSA) is 113 Å². The van der Waals surface area contributed by atoms with Crippen LogP contribution >= 0.6 is 0 Å². The molecule has 1 aromatic heterocycles. The van der Waals surface area contributed by atoms with E-state index in [2.05, 4.69) is 13.8 Å². The van der Waals surface area contributed by atoms with Gasteiger partial charge in [-0.2, -0.15) is 0 Å². The normalized spacial score (nSPS) is 12.5. The molecule has 0 unspecified atom stereocenters. The van der Waals surface area contributed by atoms with E-state index >= 15 is 0 Å². The predicted octanol–water partition coefficient (Wildman–Crippen LogP) is 8.01. The van der Waals surface area contributed by atoms with Gasteiger partial charge in [-0.1, -0.05) is 83.4 Å². The first kappa shape index (κ1) is 28.3. The van der Waals surface area contributed by atoms with Crippen molar-refractivity contribution in [3.8, 4) is 17.0 Å². The van der Waals surface area contributed by atoms with Gasteiger partial charge < -0.3 is 14.9 Å². The number of hydrogen-bond donors (Lipinski definition) is 2. The summed E-state index contributed by atoms with van der Waals surface area (Å²) in [5.74, 6) is -0.00216. The zero-order valence-electron chi connectivity index (χ0n) is 25.2. The van der Waals surface area contributed by atoms with Crippen molar-refractivity contribution in [2.75, 3.05) is 0 Å². The molecular formula is C37H36N2O5. The number of pyridine rings is 1. The fraction of sp³-hybridized carbons (Fsp3) is 0.351. The van der Waals surface area contributed by atoms with Gasteiger partial charge in [-0.25, -0.2) is 9.59 Å². The van der Waals surface area contributed by atoms with E-state index in [9.17, 15) is 19.5 Å². The molecule has 7 heteroatoms. The highest BCUT2D eigenvalue weighted by Gasteiger charge is 2.27. The number of unbranched alkanes of at least 4 members (excludes halogenated alkanes) is 6. The summed E-state index contributed by atoms with van der Waals surface area (Å²) in [7, 11) is 0. The summed E-state index contributed by atoms with van der Waals surface area (Å²) in [5.41, 5.74) is -0.928. The van der Waals surface area contributed by atoms with Gasteiger partial charge in [-0.05, 0) is 58.7 Å². The Morgan fingerprint density at radius 2 is 1.25 bits per heavy atom. The number of nitrogens with zero attached hydrogens (tertiary/aromatic N) is 1. The van der Waals surface area contributed by atoms with Crippen molar-refractivity contribution >= 4 is 53.9 Å². The van der Waals surface area contributed by atoms with Crippen molar-refractivity contribution in [3.63, 3.8) is 0 Å². The Labute approximate surface area is 253 Å². The second-order valence-electron chi connectivity index (χ2n) is 12.4. The van der Waals surface area contributed by atoms with Crippen LogP contribution in [0.15, 0.2) is 61.3 Å². The van der Waals surface area contributed by atoms with Crippen LogP contribution < -0.4 is 22.2 Å². The number of hydrogen-bond acceptors (Lipinski definition) is 6. The van der Waals surface area contributed by atoms with Crippen LogP contribution in [0.4, 0.5) is 0 Å². The van der Waals surface area contributed by atoms with Crippen LogP contribution in [0.5, 0.6) is 5.88 Å². The fourth-order valence-electron chi connectivity index (χ4n) is 7.60. The summed E-state index contributed by atoms with van der Waals surface area (Å²) >= 11 is 0. The first-order chi connectivity index (χ1) is 21.4. The maximum Gasteiger partial charge on any atom is 0.346 e. The summed E-state index contributed by atoms with van der Waals surface area (Å²) in [5, 5.41) is 27.5. The van der Waals surface area contributed by atoms with E-state index in [0.29, 0.717) is 37.9 Å². The minimum Gasteiger partial charge on any atom is -0.494 e. The summed E-state index contributed by atoms with van der Waals surface area (Å²) in [4.78, 5) is 39.6. The minimum absolute atomic E-state index is 0.00216. The summed E-state index contributed by atoms with van der Waals surface area (Å²) in [6.07, 6.45) is 10.5. The first-order valence-corrected chi connectivity index (χ1v) is 16.0. The minimum atomic E-state index is -0.750. The van der Waals surface area contributed by atoms with E-state index in [-0.39, 0.29) is 28.4 Å². The number of benzene rings is 5. The molecule has 1 aliphatic heterocycles. The average molecular weight is 589 g/mol. The lowest BCUT2D eigenvalue weighted by atomic mass is 9.84. The molecule has 0 saturated carbocycles. The van der Waals surface area contributed by atoms with E-state index < -0.39 is 11.3 Å². The number of fused-ring (bicyclic) bond motifs is 2. The third-order valence-corrected chi connectivity index (χ3v) is 9.69. The monoisotopic (exact) mass is 588 g/mol. The third kappa shape index (κ3) is 4.09. The Morgan fingerprint density at radius 3 is 1.93 bits per heavy atom. The predicted molar refractivity (Wildman–Crippen MR) is 177 cm³/mol. The molecule has 1 aliphatic carbocycles. The van der Waals surface area contributed by atoms with Crippen LogP contribution in [0.25, 0.3) is 65.0 Å². The lowest BCUT2D eigenvalue weighted by Gasteiger charge is -2.24. The zero-order chi connectivity index (χ0) is 30.7. The third-order valence-electron chi connectivity index (χ3n) is 9.69. The number of aromatic nitrogens is 1. The molecule has 4 aromatic carbocycles. The van der Waals surface area contributed by atoms with E-state index in [1.165, 1.54) is 6.07 Å². The molecular weight excluding hydrogens is 552 g/mol. The lowest BCUT2D eigenvalue weighted by molar-refractivity contribution is 0.334. The highest BCUT2D eigenvalue weighted by Crippen LogP contribution is 2.46. The van der Waals surface area contributed by atoms with Gasteiger partial charge in [0.1, 0.15) is 0 Å². The fourth-order valence-corrected chi connectivity index (χ4v) is 7.60. The first-order valence-electron chi connectivity index (χ1n) is 16.0. The second kappa shape index (κ2) is 10.9. The molecule has 44 heavy (non-hydrogen) atoms. The van der Waals surface area contributed by atoms with Crippen molar-refractivity contribution in [1.29, 1.82) is 5.41 Å². The Hall–Kier alpha value is -4.52. The molecule has 0 radical (unpaired) electrons. The van der Waals surface area contributed by atoms with E-state index in [4.69, 9.17) is 9.83 Å². The van der Waals surface area contributed by atoms with Crippen molar-refractivity contribution in [2.24, 2.45) is 0 Å². The van der Waals surface area contributed by atoms with Crippen molar-refractivity contribution in [3.05, 3.63) is 79.0 Å². The largest absolute Gasteiger partial charge is 0.494 e.